The molecule has 4 nitrogen and oxygen atoms in total. The van der Waals surface area contributed by atoms with Crippen LogP contribution < -0.4 is 4.74 Å². The average molecular weight is 368 g/mol. The minimum absolute atomic E-state index is 0.0933. The molecule has 0 saturated carbocycles. The Morgan fingerprint density at radius 3 is 2.04 bits per heavy atom. The summed E-state index contributed by atoms with van der Waals surface area (Å²) < 4.78 is 7.25. The quantitative estimate of drug-likeness (QED) is 0.466. The highest BCUT2D eigenvalue weighted by Crippen LogP contribution is 2.31. The van der Waals surface area contributed by atoms with Crippen LogP contribution in [-0.2, 0) is 7.05 Å². The smallest absolute Gasteiger partial charge is 0.213 e. The van der Waals surface area contributed by atoms with Crippen LogP contribution >= 0.6 is 0 Å². The van der Waals surface area contributed by atoms with Gasteiger partial charge in [0.2, 0.25) is 5.78 Å². The van der Waals surface area contributed by atoms with Gasteiger partial charge in [0.05, 0.1) is 12.8 Å². The first-order valence-electron chi connectivity index (χ1n) is 9.05. The third kappa shape index (κ3) is 3.21. The molecule has 0 amide bonds. The Hall–Kier alpha value is -3.66. The SMILES string of the molecule is COc1ccc(-c2c(C(=O)c3ccccc3)nc(-c3ccccc3)n2C)cc1. The topological polar surface area (TPSA) is 44.1 Å². The second kappa shape index (κ2) is 7.53. The molecular weight excluding hydrogens is 348 g/mol. The van der Waals surface area contributed by atoms with E-state index in [9.17, 15) is 4.79 Å². The van der Waals surface area contributed by atoms with Gasteiger partial charge in [-0.05, 0) is 24.3 Å². The lowest BCUT2D eigenvalue weighted by Gasteiger charge is -2.09. The van der Waals surface area contributed by atoms with E-state index >= 15 is 0 Å². The molecule has 1 aromatic heterocycles. The van der Waals surface area contributed by atoms with E-state index in [1.165, 1.54) is 0 Å². The van der Waals surface area contributed by atoms with Gasteiger partial charge in [-0.25, -0.2) is 4.98 Å². The number of nitrogens with zero attached hydrogens (tertiary/aromatic N) is 2. The van der Waals surface area contributed by atoms with Crippen LogP contribution in [0.2, 0.25) is 0 Å². The molecule has 0 fully saturated rings. The van der Waals surface area contributed by atoms with Gasteiger partial charge >= 0.3 is 0 Å². The van der Waals surface area contributed by atoms with Crippen molar-refractivity contribution in [1.29, 1.82) is 0 Å². The molecule has 1 heterocycles. The molecular formula is C24H20N2O2. The van der Waals surface area contributed by atoms with Crippen molar-refractivity contribution in [2.45, 2.75) is 0 Å². The second-order valence-corrected chi connectivity index (χ2v) is 6.48. The maximum Gasteiger partial charge on any atom is 0.213 e. The Kier molecular flexibility index (Phi) is 4.77. The number of aromatic nitrogens is 2. The van der Waals surface area contributed by atoms with Crippen molar-refractivity contribution in [3.63, 3.8) is 0 Å². The summed E-state index contributed by atoms with van der Waals surface area (Å²) in [5.74, 6) is 1.43. The first kappa shape index (κ1) is 17.7. The fourth-order valence-electron chi connectivity index (χ4n) is 3.31. The number of methoxy groups -OCH3 is 1. The molecule has 138 valence electrons. The zero-order valence-corrected chi connectivity index (χ0v) is 15.8. The number of hydrogen-bond acceptors (Lipinski definition) is 3. The van der Waals surface area contributed by atoms with E-state index in [1.807, 2.05) is 96.5 Å². The summed E-state index contributed by atoms with van der Waals surface area (Å²) >= 11 is 0. The summed E-state index contributed by atoms with van der Waals surface area (Å²) in [5, 5.41) is 0. The minimum Gasteiger partial charge on any atom is -0.497 e. The second-order valence-electron chi connectivity index (χ2n) is 6.48. The number of carbonyl (C=O) groups is 1. The Balaban J connectivity index is 1.91. The van der Waals surface area contributed by atoms with E-state index in [0.717, 1.165) is 28.4 Å². The lowest BCUT2D eigenvalue weighted by molar-refractivity contribution is 0.103. The standard InChI is InChI=1S/C24H20N2O2/c1-26-22(17-13-15-20(28-2)16-14-17)21(23(27)18-9-5-3-6-10-18)25-24(26)19-11-7-4-8-12-19/h3-16H,1-2H3. The molecule has 0 spiro atoms. The van der Waals surface area contributed by atoms with E-state index in [-0.39, 0.29) is 5.78 Å². The highest BCUT2D eigenvalue weighted by atomic mass is 16.5. The third-order valence-electron chi connectivity index (χ3n) is 4.74. The van der Waals surface area contributed by atoms with E-state index in [2.05, 4.69) is 0 Å². The Morgan fingerprint density at radius 1 is 0.821 bits per heavy atom. The molecule has 0 saturated heterocycles. The third-order valence-corrected chi connectivity index (χ3v) is 4.74. The molecule has 4 rings (SSSR count). The molecule has 0 aliphatic heterocycles. The zero-order chi connectivity index (χ0) is 19.5. The molecule has 4 heteroatoms. The lowest BCUT2D eigenvalue weighted by atomic mass is 10.0. The van der Waals surface area contributed by atoms with Crippen LogP contribution in [0.4, 0.5) is 0 Å². The lowest BCUT2D eigenvalue weighted by Crippen LogP contribution is -2.04. The summed E-state index contributed by atoms with van der Waals surface area (Å²) in [7, 11) is 3.58. The molecule has 0 atom stereocenters. The number of ketones is 1. The van der Waals surface area contributed by atoms with E-state index in [4.69, 9.17) is 9.72 Å². The largest absolute Gasteiger partial charge is 0.497 e. The summed E-state index contributed by atoms with van der Waals surface area (Å²) in [6, 6.07) is 26.8. The molecule has 0 unspecified atom stereocenters. The van der Waals surface area contributed by atoms with Gasteiger partial charge in [0.15, 0.2) is 0 Å². The molecule has 28 heavy (non-hydrogen) atoms. The summed E-state index contributed by atoms with van der Waals surface area (Å²) in [4.78, 5) is 18.0. The highest BCUT2D eigenvalue weighted by Gasteiger charge is 2.23. The van der Waals surface area contributed by atoms with E-state index < -0.39 is 0 Å². The highest BCUT2D eigenvalue weighted by molar-refractivity contribution is 6.11. The first-order valence-corrected chi connectivity index (χ1v) is 9.05. The van der Waals surface area contributed by atoms with Gasteiger partial charge in [0.25, 0.3) is 0 Å². The van der Waals surface area contributed by atoms with Crippen LogP contribution in [0.25, 0.3) is 22.6 Å². The maximum absolute atomic E-state index is 13.3. The van der Waals surface area contributed by atoms with Crippen molar-refractivity contribution in [1.82, 2.24) is 9.55 Å². The van der Waals surface area contributed by atoms with Crippen molar-refractivity contribution >= 4 is 5.78 Å². The fraction of sp³-hybridized carbons (Fsp3) is 0.0833. The number of imidazole rings is 1. The van der Waals surface area contributed by atoms with Crippen LogP contribution in [0.5, 0.6) is 5.75 Å². The van der Waals surface area contributed by atoms with Gasteiger partial charge in [-0.3, -0.25) is 4.79 Å². The number of benzene rings is 3. The predicted molar refractivity (Wildman–Crippen MR) is 111 cm³/mol. The van der Waals surface area contributed by atoms with Gasteiger partial charge < -0.3 is 9.30 Å². The van der Waals surface area contributed by atoms with E-state index in [0.29, 0.717) is 11.3 Å². The van der Waals surface area contributed by atoms with Crippen molar-refractivity contribution in [3.05, 3.63) is 96.2 Å². The fourth-order valence-corrected chi connectivity index (χ4v) is 3.31. The first-order chi connectivity index (χ1) is 13.7. The Bertz CT molecular complexity index is 1100. The van der Waals surface area contributed by atoms with Crippen molar-refractivity contribution in [3.8, 4) is 28.4 Å². The van der Waals surface area contributed by atoms with Crippen LogP contribution in [0, 0.1) is 0 Å². The molecule has 0 N–H and O–H groups in total. The van der Waals surface area contributed by atoms with Gasteiger partial charge in [-0.1, -0.05) is 60.7 Å². The Morgan fingerprint density at radius 2 is 1.43 bits per heavy atom. The number of ether oxygens (including phenoxy) is 1. The van der Waals surface area contributed by atoms with Gasteiger partial charge in [-0.15, -0.1) is 0 Å². The van der Waals surface area contributed by atoms with Crippen molar-refractivity contribution in [2.75, 3.05) is 7.11 Å². The summed E-state index contributed by atoms with van der Waals surface area (Å²) in [6.45, 7) is 0. The molecule has 0 aliphatic rings. The number of rotatable bonds is 5. The van der Waals surface area contributed by atoms with Crippen LogP contribution in [0.1, 0.15) is 16.1 Å². The summed E-state index contributed by atoms with van der Waals surface area (Å²) in [6.07, 6.45) is 0. The maximum atomic E-state index is 13.3. The van der Waals surface area contributed by atoms with Crippen molar-refractivity contribution < 1.29 is 9.53 Å². The monoisotopic (exact) mass is 368 g/mol. The van der Waals surface area contributed by atoms with Gasteiger partial charge in [-0.2, -0.15) is 0 Å². The predicted octanol–water partition coefficient (Wildman–Crippen LogP) is 4.99. The normalized spacial score (nSPS) is 10.6. The van der Waals surface area contributed by atoms with Gasteiger partial charge in [0.1, 0.15) is 17.3 Å². The molecule has 0 radical (unpaired) electrons. The average Bonchev–Trinajstić information content (AvgIpc) is 3.11. The minimum atomic E-state index is -0.0933. The number of hydrogen-bond donors (Lipinski definition) is 0. The molecule has 3 aromatic carbocycles. The zero-order valence-electron chi connectivity index (χ0n) is 15.8. The molecule has 4 aromatic rings. The van der Waals surface area contributed by atoms with Crippen LogP contribution in [-0.4, -0.2) is 22.4 Å². The number of carbonyl (C=O) groups excluding carboxylic acids is 1. The van der Waals surface area contributed by atoms with Gasteiger partial charge in [0, 0.05) is 23.7 Å². The molecule has 0 aliphatic carbocycles. The Labute approximate surface area is 164 Å². The summed E-state index contributed by atoms with van der Waals surface area (Å²) in [5.41, 5.74) is 3.73. The molecule has 0 bridgehead atoms. The van der Waals surface area contributed by atoms with E-state index in [1.54, 1.807) is 7.11 Å². The van der Waals surface area contributed by atoms with Crippen molar-refractivity contribution in [2.24, 2.45) is 7.05 Å². The van der Waals surface area contributed by atoms with Crippen LogP contribution in [0.3, 0.4) is 0 Å². The van der Waals surface area contributed by atoms with Crippen LogP contribution in [0.15, 0.2) is 84.9 Å².